The molecule has 0 spiro atoms. The smallest absolute Gasteiger partial charge is 0.117 e. The summed E-state index contributed by atoms with van der Waals surface area (Å²) >= 11 is 0. The van der Waals surface area contributed by atoms with E-state index in [2.05, 4.69) is 17.1 Å². The van der Waals surface area contributed by atoms with Crippen molar-refractivity contribution < 1.29 is 4.42 Å². The van der Waals surface area contributed by atoms with Crippen LogP contribution < -0.4 is 5.32 Å². The molecule has 2 rings (SSSR count). The summed E-state index contributed by atoms with van der Waals surface area (Å²) in [7, 11) is 0. The zero-order chi connectivity index (χ0) is 10.5. The van der Waals surface area contributed by atoms with Gasteiger partial charge in [0.25, 0.3) is 0 Å². The van der Waals surface area contributed by atoms with E-state index < -0.39 is 0 Å². The lowest BCUT2D eigenvalue weighted by molar-refractivity contribution is 0.322. The quantitative estimate of drug-likeness (QED) is 0.747. The number of rotatable bonds is 5. The van der Waals surface area contributed by atoms with Gasteiger partial charge in [0.1, 0.15) is 5.76 Å². The van der Waals surface area contributed by atoms with Crippen LogP contribution in [0.1, 0.15) is 19.1 Å². The van der Waals surface area contributed by atoms with Crippen molar-refractivity contribution in [3.8, 4) is 0 Å². The predicted octanol–water partition coefficient (Wildman–Crippen LogP) is 1.71. The van der Waals surface area contributed by atoms with E-state index in [0.717, 1.165) is 31.3 Å². The maximum atomic E-state index is 5.25. The molecule has 15 heavy (non-hydrogen) atoms. The van der Waals surface area contributed by atoms with Crippen LogP contribution >= 0.6 is 0 Å². The first kappa shape index (κ1) is 10.7. The van der Waals surface area contributed by atoms with Crippen LogP contribution in [0.5, 0.6) is 0 Å². The number of nitrogens with zero attached hydrogens (tertiary/aromatic N) is 1. The molecule has 0 aromatic carbocycles. The fraction of sp³-hybridized carbons (Fsp3) is 0.667. The Morgan fingerprint density at radius 2 is 2.53 bits per heavy atom. The first-order valence-corrected chi connectivity index (χ1v) is 5.80. The first-order chi connectivity index (χ1) is 7.34. The molecule has 1 fully saturated rings. The molecule has 0 radical (unpaired) electrons. The number of hydrogen-bond donors (Lipinski definition) is 1. The van der Waals surface area contributed by atoms with Crippen LogP contribution in [0.2, 0.25) is 0 Å². The summed E-state index contributed by atoms with van der Waals surface area (Å²) in [5.74, 6) is 1.90. The molecule has 84 valence electrons. The van der Waals surface area contributed by atoms with Crippen molar-refractivity contribution in [2.45, 2.75) is 19.9 Å². The zero-order valence-electron chi connectivity index (χ0n) is 9.41. The molecule has 0 amide bonds. The van der Waals surface area contributed by atoms with E-state index in [9.17, 15) is 0 Å². The minimum absolute atomic E-state index is 0.844. The zero-order valence-corrected chi connectivity index (χ0v) is 9.41. The first-order valence-electron chi connectivity index (χ1n) is 5.80. The Bertz CT molecular complexity index is 271. The molecule has 0 bridgehead atoms. The normalized spacial score (nSPS) is 22.3. The molecule has 1 aromatic heterocycles. The van der Waals surface area contributed by atoms with Crippen molar-refractivity contribution in [3.05, 3.63) is 24.2 Å². The van der Waals surface area contributed by atoms with Crippen molar-refractivity contribution >= 4 is 0 Å². The SMILES string of the molecule is CC1CCN(CCNCc2ccco2)C1. The molecule has 1 aliphatic rings. The Hall–Kier alpha value is -0.800. The molecule has 1 N–H and O–H groups in total. The molecular formula is C12H20N2O. The number of hydrogen-bond acceptors (Lipinski definition) is 3. The van der Waals surface area contributed by atoms with Crippen molar-refractivity contribution in [1.29, 1.82) is 0 Å². The van der Waals surface area contributed by atoms with Gasteiger partial charge in [0, 0.05) is 19.6 Å². The standard InChI is InChI=1S/C12H20N2O/c1-11-4-6-14(10-11)7-5-13-9-12-3-2-8-15-12/h2-3,8,11,13H,4-7,9-10H2,1H3. The Kier molecular flexibility index (Phi) is 3.80. The molecule has 1 aromatic rings. The second-order valence-corrected chi connectivity index (χ2v) is 4.45. The Labute approximate surface area is 91.4 Å². The summed E-state index contributed by atoms with van der Waals surface area (Å²) in [4.78, 5) is 2.53. The largest absolute Gasteiger partial charge is 0.468 e. The van der Waals surface area contributed by atoms with Crippen molar-refractivity contribution in [2.24, 2.45) is 5.92 Å². The van der Waals surface area contributed by atoms with Crippen LogP contribution in [-0.2, 0) is 6.54 Å². The Balaban J connectivity index is 1.55. The average Bonchev–Trinajstić information content (AvgIpc) is 2.84. The van der Waals surface area contributed by atoms with E-state index in [1.54, 1.807) is 6.26 Å². The molecule has 1 unspecified atom stereocenters. The number of likely N-dealkylation sites (tertiary alicyclic amines) is 1. The van der Waals surface area contributed by atoms with E-state index >= 15 is 0 Å². The minimum Gasteiger partial charge on any atom is -0.468 e. The third-order valence-corrected chi connectivity index (χ3v) is 2.99. The van der Waals surface area contributed by atoms with Crippen LogP contribution in [0, 0.1) is 5.92 Å². The van der Waals surface area contributed by atoms with Crippen molar-refractivity contribution in [1.82, 2.24) is 10.2 Å². The lowest BCUT2D eigenvalue weighted by Gasteiger charge is -2.14. The topological polar surface area (TPSA) is 28.4 Å². The highest BCUT2D eigenvalue weighted by Crippen LogP contribution is 2.13. The van der Waals surface area contributed by atoms with E-state index in [1.165, 1.54) is 19.5 Å². The molecule has 0 aliphatic carbocycles. The fourth-order valence-corrected chi connectivity index (χ4v) is 2.09. The second-order valence-electron chi connectivity index (χ2n) is 4.45. The summed E-state index contributed by atoms with van der Waals surface area (Å²) in [5.41, 5.74) is 0. The van der Waals surface area contributed by atoms with Gasteiger partial charge >= 0.3 is 0 Å². The summed E-state index contributed by atoms with van der Waals surface area (Å²) in [6.07, 6.45) is 3.08. The summed E-state index contributed by atoms with van der Waals surface area (Å²) < 4.78 is 5.25. The van der Waals surface area contributed by atoms with Gasteiger partial charge in [0.05, 0.1) is 12.8 Å². The Morgan fingerprint density at radius 1 is 1.60 bits per heavy atom. The molecule has 3 nitrogen and oxygen atoms in total. The highest BCUT2D eigenvalue weighted by atomic mass is 16.3. The summed E-state index contributed by atoms with van der Waals surface area (Å²) in [6.45, 7) is 7.91. The monoisotopic (exact) mass is 208 g/mol. The van der Waals surface area contributed by atoms with Gasteiger partial charge in [-0.1, -0.05) is 6.92 Å². The highest BCUT2D eigenvalue weighted by molar-refractivity contribution is 4.97. The second kappa shape index (κ2) is 5.33. The average molecular weight is 208 g/mol. The Morgan fingerprint density at radius 3 is 3.20 bits per heavy atom. The molecule has 1 aliphatic heterocycles. The van der Waals surface area contributed by atoms with E-state index in [0.29, 0.717) is 0 Å². The third-order valence-electron chi connectivity index (χ3n) is 2.99. The maximum absolute atomic E-state index is 5.25. The molecular weight excluding hydrogens is 188 g/mol. The molecule has 0 saturated carbocycles. The van der Waals surface area contributed by atoms with Crippen molar-refractivity contribution in [3.63, 3.8) is 0 Å². The van der Waals surface area contributed by atoms with Crippen LogP contribution in [0.25, 0.3) is 0 Å². The van der Waals surface area contributed by atoms with E-state index in [1.807, 2.05) is 12.1 Å². The number of nitrogens with one attached hydrogen (secondary N) is 1. The van der Waals surface area contributed by atoms with Crippen LogP contribution in [-0.4, -0.2) is 31.1 Å². The lowest BCUT2D eigenvalue weighted by atomic mass is 10.2. The van der Waals surface area contributed by atoms with Gasteiger partial charge in [-0.05, 0) is 31.0 Å². The van der Waals surface area contributed by atoms with Gasteiger partial charge in [-0.15, -0.1) is 0 Å². The predicted molar refractivity (Wildman–Crippen MR) is 60.6 cm³/mol. The lowest BCUT2D eigenvalue weighted by Crippen LogP contribution is -2.30. The molecule has 3 heteroatoms. The van der Waals surface area contributed by atoms with Crippen molar-refractivity contribution in [2.75, 3.05) is 26.2 Å². The fourth-order valence-electron chi connectivity index (χ4n) is 2.09. The van der Waals surface area contributed by atoms with Gasteiger partial charge in [0.2, 0.25) is 0 Å². The maximum Gasteiger partial charge on any atom is 0.117 e. The molecule has 1 atom stereocenters. The van der Waals surface area contributed by atoms with E-state index in [-0.39, 0.29) is 0 Å². The van der Waals surface area contributed by atoms with Crippen LogP contribution in [0.3, 0.4) is 0 Å². The summed E-state index contributed by atoms with van der Waals surface area (Å²) in [5, 5.41) is 3.39. The highest BCUT2D eigenvalue weighted by Gasteiger charge is 2.17. The third kappa shape index (κ3) is 3.36. The van der Waals surface area contributed by atoms with Gasteiger partial charge in [-0.25, -0.2) is 0 Å². The van der Waals surface area contributed by atoms with Gasteiger partial charge in [-0.2, -0.15) is 0 Å². The van der Waals surface area contributed by atoms with Crippen LogP contribution in [0.15, 0.2) is 22.8 Å². The molecule has 2 heterocycles. The van der Waals surface area contributed by atoms with Gasteiger partial charge in [-0.3, -0.25) is 0 Å². The van der Waals surface area contributed by atoms with E-state index in [4.69, 9.17) is 4.42 Å². The van der Waals surface area contributed by atoms with Gasteiger partial charge < -0.3 is 14.6 Å². The van der Waals surface area contributed by atoms with Gasteiger partial charge in [0.15, 0.2) is 0 Å². The minimum atomic E-state index is 0.844. The number of furan rings is 1. The van der Waals surface area contributed by atoms with Crippen LogP contribution in [0.4, 0.5) is 0 Å². The summed E-state index contributed by atoms with van der Waals surface area (Å²) in [6, 6.07) is 3.93. The molecule has 1 saturated heterocycles.